The van der Waals surface area contributed by atoms with Crippen molar-refractivity contribution in [3.63, 3.8) is 0 Å². The molecule has 0 saturated heterocycles. The summed E-state index contributed by atoms with van der Waals surface area (Å²) in [6, 6.07) is 0.181. The first kappa shape index (κ1) is 11.6. The van der Waals surface area contributed by atoms with Crippen LogP contribution in [0.15, 0.2) is 12.4 Å². The first-order chi connectivity index (χ1) is 8.19. The lowest BCUT2D eigenvalue weighted by molar-refractivity contribution is 0.291. The molecule has 90 valence electrons. The Kier molecular flexibility index (Phi) is 3.38. The number of halogens is 1. The molecule has 0 bridgehead atoms. The van der Waals surface area contributed by atoms with Crippen LogP contribution in [-0.4, -0.2) is 31.3 Å². The van der Waals surface area contributed by atoms with Gasteiger partial charge in [0, 0.05) is 0 Å². The Morgan fingerprint density at radius 3 is 2.88 bits per heavy atom. The molecular formula is C9H11ClN6O. The van der Waals surface area contributed by atoms with Crippen LogP contribution in [0, 0.1) is 0 Å². The molecule has 0 unspecified atom stereocenters. The van der Waals surface area contributed by atoms with Gasteiger partial charge < -0.3 is 10.5 Å². The maximum absolute atomic E-state index is 5.76. The highest BCUT2D eigenvalue weighted by atomic mass is 35.5. The van der Waals surface area contributed by atoms with Crippen molar-refractivity contribution in [1.29, 1.82) is 0 Å². The predicted octanol–water partition coefficient (Wildman–Crippen LogP) is 1.08. The molecule has 0 aliphatic rings. The highest BCUT2D eigenvalue weighted by molar-refractivity contribution is 6.30. The Bertz CT molecular complexity index is 514. The van der Waals surface area contributed by atoms with Crippen LogP contribution in [0.5, 0.6) is 6.01 Å². The number of aromatic nitrogens is 5. The van der Waals surface area contributed by atoms with Gasteiger partial charge in [0.25, 0.3) is 5.95 Å². The normalized spacial score (nSPS) is 10.5. The molecule has 0 aromatic carbocycles. The van der Waals surface area contributed by atoms with Crippen molar-refractivity contribution in [1.82, 2.24) is 24.7 Å². The summed E-state index contributed by atoms with van der Waals surface area (Å²) < 4.78 is 6.69. The minimum atomic E-state index is 0.0766. The molecule has 0 saturated carbocycles. The largest absolute Gasteiger partial charge is 0.463 e. The first-order valence-electron chi connectivity index (χ1n) is 5.04. The van der Waals surface area contributed by atoms with E-state index >= 15 is 0 Å². The molecule has 0 radical (unpaired) electrons. The van der Waals surface area contributed by atoms with Crippen LogP contribution in [0.2, 0.25) is 5.02 Å². The Balaban J connectivity index is 2.31. The molecule has 7 nitrogen and oxygen atoms in total. The second-order valence-corrected chi connectivity index (χ2v) is 3.66. The van der Waals surface area contributed by atoms with Crippen LogP contribution in [0.3, 0.4) is 0 Å². The zero-order valence-electron chi connectivity index (χ0n) is 9.17. The van der Waals surface area contributed by atoms with E-state index in [-0.39, 0.29) is 17.9 Å². The van der Waals surface area contributed by atoms with Crippen LogP contribution in [-0.2, 0) is 0 Å². The third kappa shape index (κ3) is 2.82. The summed E-state index contributed by atoms with van der Waals surface area (Å²) in [5.41, 5.74) is 5.56. The Labute approximate surface area is 103 Å². The van der Waals surface area contributed by atoms with Gasteiger partial charge in [0.05, 0.1) is 24.0 Å². The lowest BCUT2D eigenvalue weighted by Gasteiger charge is -2.05. The lowest BCUT2D eigenvalue weighted by atomic mass is 10.5. The van der Waals surface area contributed by atoms with Crippen molar-refractivity contribution in [2.24, 2.45) is 0 Å². The SMILES string of the molecule is CCCOc1nc(N)nc(-n2cc(Cl)cn2)n1. The summed E-state index contributed by atoms with van der Waals surface area (Å²) in [6.07, 6.45) is 3.91. The average molecular weight is 255 g/mol. The predicted molar refractivity (Wildman–Crippen MR) is 62.2 cm³/mol. The second-order valence-electron chi connectivity index (χ2n) is 3.23. The Morgan fingerprint density at radius 1 is 1.41 bits per heavy atom. The molecule has 17 heavy (non-hydrogen) atoms. The standard InChI is InChI=1S/C9H11ClN6O/c1-2-3-17-9-14-7(11)13-8(15-9)16-5-6(10)4-12-16/h4-5H,2-3H2,1H3,(H2,11,13,14,15). The summed E-state index contributed by atoms with van der Waals surface area (Å²) in [5, 5.41) is 4.46. The van der Waals surface area contributed by atoms with E-state index in [2.05, 4.69) is 20.1 Å². The van der Waals surface area contributed by atoms with Gasteiger partial charge in [0.1, 0.15) is 0 Å². The number of hydrogen-bond acceptors (Lipinski definition) is 6. The summed E-state index contributed by atoms with van der Waals surface area (Å²) in [7, 11) is 0. The number of nitrogens with two attached hydrogens (primary N) is 1. The second kappa shape index (κ2) is 4.96. The van der Waals surface area contributed by atoms with E-state index in [4.69, 9.17) is 22.1 Å². The first-order valence-corrected chi connectivity index (χ1v) is 5.41. The van der Waals surface area contributed by atoms with Crippen LogP contribution in [0.1, 0.15) is 13.3 Å². The van der Waals surface area contributed by atoms with Crippen LogP contribution in [0.4, 0.5) is 5.95 Å². The Morgan fingerprint density at radius 2 is 2.24 bits per heavy atom. The van der Waals surface area contributed by atoms with Crippen molar-refractivity contribution >= 4 is 17.5 Å². The fourth-order valence-electron chi connectivity index (χ4n) is 1.13. The Hall–Kier alpha value is -1.89. The fraction of sp³-hybridized carbons (Fsp3) is 0.333. The third-order valence-electron chi connectivity index (χ3n) is 1.81. The van der Waals surface area contributed by atoms with E-state index in [1.807, 2.05) is 6.92 Å². The lowest BCUT2D eigenvalue weighted by Crippen LogP contribution is -2.09. The third-order valence-corrected chi connectivity index (χ3v) is 2.01. The van der Waals surface area contributed by atoms with Gasteiger partial charge >= 0.3 is 6.01 Å². The maximum Gasteiger partial charge on any atom is 0.323 e. The number of nitrogens with zero attached hydrogens (tertiary/aromatic N) is 5. The number of nitrogen functional groups attached to an aromatic ring is 1. The smallest absolute Gasteiger partial charge is 0.323 e. The molecule has 0 aliphatic heterocycles. The monoisotopic (exact) mass is 254 g/mol. The molecule has 0 spiro atoms. The number of rotatable bonds is 4. The maximum atomic E-state index is 5.76. The molecule has 8 heteroatoms. The van der Waals surface area contributed by atoms with Crippen LogP contribution >= 0.6 is 11.6 Å². The van der Waals surface area contributed by atoms with Gasteiger partial charge in [-0.15, -0.1) is 0 Å². The molecule has 2 aromatic rings. The van der Waals surface area contributed by atoms with E-state index in [0.717, 1.165) is 6.42 Å². The molecule has 0 fully saturated rings. The molecule has 0 aliphatic carbocycles. The van der Waals surface area contributed by atoms with Gasteiger partial charge in [-0.3, -0.25) is 0 Å². The quantitative estimate of drug-likeness (QED) is 0.878. The molecule has 2 heterocycles. The van der Waals surface area contributed by atoms with Gasteiger partial charge in [0.2, 0.25) is 5.95 Å². The van der Waals surface area contributed by atoms with Crippen LogP contribution < -0.4 is 10.5 Å². The number of anilines is 1. The fourth-order valence-corrected chi connectivity index (χ4v) is 1.27. The number of ether oxygens (including phenoxy) is 1. The molecule has 2 N–H and O–H groups in total. The van der Waals surface area contributed by atoms with Crippen molar-refractivity contribution in [3.8, 4) is 12.0 Å². The van der Waals surface area contributed by atoms with Crippen molar-refractivity contribution in [2.75, 3.05) is 12.3 Å². The van der Waals surface area contributed by atoms with Gasteiger partial charge in [-0.05, 0) is 6.42 Å². The minimum absolute atomic E-state index is 0.0766. The topological polar surface area (TPSA) is 91.7 Å². The summed E-state index contributed by atoms with van der Waals surface area (Å²) >= 11 is 5.76. The highest BCUT2D eigenvalue weighted by Gasteiger charge is 2.08. The van der Waals surface area contributed by atoms with E-state index in [0.29, 0.717) is 11.6 Å². The van der Waals surface area contributed by atoms with Gasteiger partial charge in [-0.25, -0.2) is 4.68 Å². The van der Waals surface area contributed by atoms with Gasteiger partial charge in [-0.2, -0.15) is 20.1 Å². The van der Waals surface area contributed by atoms with E-state index in [9.17, 15) is 0 Å². The van der Waals surface area contributed by atoms with Crippen LogP contribution in [0.25, 0.3) is 5.95 Å². The zero-order valence-corrected chi connectivity index (χ0v) is 9.92. The summed E-state index contributed by atoms with van der Waals surface area (Å²) in [5.74, 6) is 0.350. The molecule has 0 atom stereocenters. The van der Waals surface area contributed by atoms with Gasteiger partial charge in [0.15, 0.2) is 0 Å². The van der Waals surface area contributed by atoms with Crippen molar-refractivity contribution < 1.29 is 4.74 Å². The van der Waals surface area contributed by atoms with E-state index in [1.165, 1.54) is 10.9 Å². The summed E-state index contributed by atoms with van der Waals surface area (Å²) in [6.45, 7) is 2.50. The zero-order chi connectivity index (χ0) is 12.3. The molecular weight excluding hydrogens is 244 g/mol. The summed E-state index contributed by atoms with van der Waals surface area (Å²) in [4.78, 5) is 11.9. The molecule has 2 rings (SSSR count). The molecule has 0 amide bonds. The minimum Gasteiger partial charge on any atom is -0.463 e. The van der Waals surface area contributed by atoms with Crippen molar-refractivity contribution in [2.45, 2.75) is 13.3 Å². The van der Waals surface area contributed by atoms with E-state index in [1.54, 1.807) is 6.20 Å². The highest BCUT2D eigenvalue weighted by Crippen LogP contribution is 2.11. The molecule has 2 aromatic heterocycles. The average Bonchev–Trinajstić information content (AvgIpc) is 2.72. The van der Waals surface area contributed by atoms with Gasteiger partial charge in [-0.1, -0.05) is 18.5 Å². The number of hydrogen-bond donors (Lipinski definition) is 1. The van der Waals surface area contributed by atoms with Crippen molar-refractivity contribution in [3.05, 3.63) is 17.4 Å². The van der Waals surface area contributed by atoms with E-state index < -0.39 is 0 Å².